The molecular weight excluding hydrogens is 260 g/mol. The number of morpholine rings is 1. The zero-order valence-electron chi connectivity index (χ0n) is 13.4. The number of piperidine rings is 1. The van der Waals surface area contributed by atoms with Gasteiger partial charge in [-0.2, -0.15) is 0 Å². The van der Waals surface area contributed by atoms with Gasteiger partial charge >= 0.3 is 0 Å². The van der Waals surface area contributed by atoms with Crippen LogP contribution < -0.4 is 5.32 Å². The quantitative estimate of drug-likeness (QED) is 0.834. The number of hydrogen-bond donors (Lipinski definition) is 1. The summed E-state index contributed by atoms with van der Waals surface area (Å²) in [4.78, 5) is 2.17. The molecule has 0 aromatic heterocycles. The third-order valence-corrected chi connectivity index (χ3v) is 4.12. The molecule has 1 N–H and O–H groups in total. The minimum absolute atomic E-state index is 0.233. The van der Waals surface area contributed by atoms with E-state index in [4.69, 9.17) is 4.74 Å². The molecular formula is C18H26N2O. The van der Waals surface area contributed by atoms with E-state index in [0.29, 0.717) is 0 Å². The van der Waals surface area contributed by atoms with Crippen LogP contribution in [-0.4, -0.2) is 23.6 Å². The second kappa shape index (κ2) is 6.81. The smallest absolute Gasteiger partial charge is 0.151 e. The number of nitrogens with zero attached hydrogens (tertiary/aromatic N) is 1. The Balaban J connectivity index is 2.50. The van der Waals surface area contributed by atoms with Crippen LogP contribution in [0.1, 0.15) is 33.6 Å². The predicted octanol–water partition coefficient (Wildman–Crippen LogP) is 3.85. The third-order valence-electron chi connectivity index (χ3n) is 4.12. The summed E-state index contributed by atoms with van der Waals surface area (Å²) in [6, 6.07) is 0. The number of ether oxygens (including phenoxy) is 1. The molecule has 1 spiro atoms. The first kappa shape index (κ1) is 15.6. The van der Waals surface area contributed by atoms with E-state index in [9.17, 15) is 0 Å². The highest BCUT2D eigenvalue weighted by Gasteiger charge is 2.45. The van der Waals surface area contributed by atoms with E-state index >= 15 is 0 Å². The van der Waals surface area contributed by atoms with Crippen molar-refractivity contribution in [2.75, 3.05) is 13.1 Å². The standard InChI is InChI=1S/C18H26N2O/c1-5-9-10-15-16(6-2)21-18(11-13-19-14-12-18)17(7-3)20(15)8-4/h5-10,19H,4,11-14H2,1-3H3/b9-5-,15-10+,16-6+,17-7-. The molecule has 2 saturated heterocycles. The maximum absolute atomic E-state index is 6.47. The fourth-order valence-electron chi connectivity index (χ4n) is 3.13. The first-order chi connectivity index (χ1) is 10.2. The van der Waals surface area contributed by atoms with Crippen LogP contribution in [0.3, 0.4) is 0 Å². The summed E-state index contributed by atoms with van der Waals surface area (Å²) < 4.78 is 6.47. The zero-order chi connectivity index (χ0) is 15.3. The maximum atomic E-state index is 6.47. The van der Waals surface area contributed by atoms with Gasteiger partial charge in [0.15, 0.2) is 5.60 Å². The fourth-order valence-corrected chi connectivity index (χ4v) is 3.13. The van der Waals surface area contributed by atoms with Crippen molar-refractivity contribution >= 4 is 0 Å². The monoisotopic (exact) mass is 286 g/mol. The largest absolute Gasteiger partial charge is 0.479 e. The molecule has 0 aromatic carbocycles. The Bertz CT molecular complexity index is 505. The van der Waals surface area contributed by atoms with Crippen LogP contribution in [0.4, 0.5) is 0 Å². The molecule has 0 atom stereocenters. The number of nitrogens with one attached hydrogen (secondary N) is 1. The van der Waals surface area contributed by atoms with Gasteiger partial charge in [-0.05, 0) is 46.0 Å². The van der Waals surface area contributed by atoms with Crippen molar-refractivity contribution < 1.29 is 4.74 Å². The topological polar surface area (TPSA) is 24.5 Å². The van der Waals surface area contributed by atoms with Gasteiger partial charge in [-0.3, -0.25) is 0 Å². The molecule has 0 saturated carbocycles. The van der Waals surface area contributed by atoms with Gasteiger partial charge in [0.2, 0.25) is 0 Å². The molecule has 0 aliphatic carbocycles. The van der Waals surface area contributed by atoms with Crippen molar-refractivity contribution in [3.05, 3.63) is 60.3 Å². The molecule has 2 fully saturated rings. The van der Waals surface area contributed by atoms with E-state index in [1.807, 2.05) is 38.3 Å². The maximum Gasteiger partial charge on any atom is 0.151 e. The van der Waals surface area contributed by atoms with Crippen LogP contribution in [0.2, 0.25) is 0 Å². The highest BCUT2D eigenvalue weighted by molar-refractivity contribution is 5.40. The van der Waals surface area contributed by atoms with E-state index in [1.54, 1.807) is 0 Å². The summed E-state index contributed by atoms with van der Waals surface area (Å²) >= 11 is 0. The van der Waals surface area contributed by atoms with Gasteiger partial charge in [0.05, 0.1) is 11.4 Å². The highest BCUT2D eigenvalue weighted by atomic mass is 16.5. The van der Waals surface area contributed by atoms with Crippen molar-refractivity contribution in [2.24, 2.45) is 0 Å². The molecule has 0 unspecified atom stereocenters. The molecule has 2 aliphatic rings. The van der Waals surface area contributed by atoms with Crippen molar-refractivity contribution in [3.63, 3.8) is 0 Å². The molecule has 0 amide bonds. The summed E-state index contributed by atoms with van der Waals surface area (Å²) in [5.41, 5.74) is 2.01. The van der Waals surface area contributed by atoms with Crippen molar-refractivity contribution in [1.82, 2.24) is 10.2 Å². The fraction of sp³-hybridized carbons (Fsp3) is 0.444. The molecule has 3 nitrogen and oxygen atoms in total. The molecule has 0 radical (unpaired) electrons. The second-order valence-corrected chi connectivity index (χ2v) is 5.30. The summed E-state index contributed by atoms with van der Waals surface area (Å²) in [5, 5.41) is 3.42. The Kier molecular flexibility index (Phi) is 5.07. The van der Waals surface area contributed by atoms with Gasteiger partial charge in [0.25, 0.3) is 0 Å². The van der Waals surface area contributed by atoms with Crippen molar-refractivity contribution in [2.45, 2.75) is 39.2 Å². The Morgan fingerprint density at radius 2 is 1.90 bits per heavy atom. The average molecular weight is 286 g/mol. The zero-order valence-corrected chi connectivity index (χ0v) is 13.4. The Morgan fingerprint density at radius 1 is 1.19 bits per heavy atom. The Labute approximate surface area is 128 Å². The van der Waals surface area contributed by atoms with Gasteiger partial charge in [-0.25, -0.2) is 0 Å². The third kappa shape index (κ3) is 2.84. The van der Waals surface area contributed by atoms with Gasteiger partial charge < -0.3 is 15.0 Å². The van der Waals surface area contributed by atoms with Crippen LogP contribution >= 0.6 is 0 Å². The molecule has 2 heterocycles. The lowest BCUT2D eigenvalue weighted by molar-refractivity contribution is -0.0243. The summed E-state index contributed by atoms with van der Waals surface area (Å²) in [7, 11) is 0. The predicted molar refractivity (Wildman–Crippen MR) is 88.4 cm³/mol. The van der Waals surface area contributed by atoms with Crippen LogP contribution in [0.5, 0.6) is 0 Å². The molecule has 0 bridgehead atoms. The number of allylic oxidation sites excluding steroid dienone is 5. The molecule has 114 valence electrons. The highest BCUT2D eigenvalue weighted by Crippen LogP contribution is 2.44. The first-order valence-electron chi connectivity index (χ1n) is 7.70. The lowest BCUT2D eigenvalue weighted by atomic mass is 9.85. The summed E-state index contributed by atoms with van der Waals surface area (Å²) in [5.74, 6) is 0.931. The number of hydrogen-bond acceptors (Lipinski definition) is 3. The van der Waals surface area contributed by atoms with Crippen LogP contribution in [0.15, 0.2) is 60.3 Å². The van der Waals surface area contributed by atoms with E-state index < -0.39 is 0 Å². The Morgan fingerprint density at radius 3 is 2.43 bits per heavy atom. The van der Waals surface area contributed by atoms with Crippen molar-refractivity contribution in [1.29, 1.82) is 0 Å². The molecule has 0 aromatic rings. The van der Waals surface area contributed by atoms with E-state index in [-0.39, 0.29) is 5.60 Å². The minimum Gasteiger partial charge on any atom is -0.479 e. The summed E-state index contributed by atoms with van der Waals surface area (Å²) in [6.45, 7) is 12.1. The normalized spacial score (nSPS) is 27.8. The van der Waals surface area contributed by atoms with Gasteiger partial charge in [0.1, 0.15) is 5.76 Å². The first-order valence-corrected chi connectivity index (χ1v) is 7.70. The van der Waals surface area contributed by atoms with E-state index in [2.05, 4.69) is 35.9 Å². The molecule has 2 rings (SSSR count). The average Bonchev–Trinajstić information content (AvgIpc) is 2.53. The lowest BCUT2D eigenvalue weighted by Crippen LogP contribution is -2.51. The lowest BCUT2D eigenvalue weighted by Gasteiger charge is -2.49. The summed E-state index contributed by atoms with van der Waals surface area (Å²) in [6.07, 6.45) is 14.2. The van der Waals surface area contributed by atoms with Gasteiger partial charge in [0, 0.05) is 19.0 Å². The molecule has 2 aliphatic heterocycles. The number of rotatable bonds is 2. The van der Waals surface area contributed by atoms with E-state index in [1.165, 1.54) is 5.70 Å². The van der Waals surface area contributed by atoms with Crippen molar-refractivity contribution in [3.8, 4) is 0 Å². The van der Waals surface area contributed by atoms with Crippen LogP contribution in [-0.2, 0) is 4.74 Å². The second-order valence-electron chi connectivity index (χ2n) is 5.30. The minimum atomic E-state index is -0.233. The van der Waals surface area contributed by atoms with Crippen LogP contribution in [0, 0.1) is 0 Å². The molecule has 21 heavy (non-hydrogen) atoms. The van der Waals surface area contributed by atoms with Gasteiger partial charge in [-0.1, -0.05) is 24.8 Å². The SMILES string of the molecule is C=CN1/C(=C\C)C2(CCNCC2)OC(=C/C)/C1=C\C=C/C. The van der Waals surface area contributed by atoms with Gasteiger partial charge in [-0.15, -0.1) is 0 Å². The molecule has 3 heteroatoms. The van der Waals surface area contributed by atoms with Crippen LogP contribution in [0.25, 0.3) is 0 Å². The Hall–Kier alpha value is -1.74. The van der Waals surface area contributed by atoms with E-state index in [0.717, 1.165) is 37.4 Å².